The van der Waals surface area contributed by atoms with Crippen molar-refractivity contribution < 1.29 is 14.6 Å². The summed E-state index contributed by atoms with van der Waals surface area (Å²) in [6.07, 6.45) is -0.724. The first-order valence-electron chi connectivity index (χ1n) is 6.43. The number of nitrogens with zero attached hydrogens (tertiary/aromatic N) is 1. The molecule has 1 aromatic rings. The number of ketones is 1. The molecule has 4 atom stereocenters. The highest BCUT2D eigenvalue weighted by molar-refractivity contribution is 6.21. The van der Waals surface area contributed by atoms with Crippen molar-refractivity contribution in [1.29, 1.82) is 0 Å². The third-order valence-corrected chi connectivity index (χ3v) is 4.21. The molecular weight excluding hydrogens is 266 g/mol. The van der Waals surface area contributed by atoms with Gasteiger partial charge in [-0.1, -0.05) is 30.3 Å². The molecule has 1 N–H and O–H groups in total. The number of alkyl halides is 1. The second-order valence-electron chi connectivity index (χ2n) is 5.09. The van der Waals surface area contributed by atoms with Crippen LogP contribution < -0.4 is 0 Å². The second-order valence-corrected chi connectivity index (χ2v) is 5.65. The lowest BCUT2D eigenvalue weighted by molar-refractivity contribution is 0.0753. The van der Waals surface area contributed by atoms with E-state index in [4.69, 9.17) is 16.3 Å². The van der Waals surface area contributed by atoms with Crippen LogP contribution in [0.5, 0.6) is 0 Å². The Morgan fingerprint density at radius 3 is 2.89 bits per heavy atom. The lowest BCUT2D eigenvalue weighted by Gasteiger charge is -2.23. The zero-order valence-corrected chi connectivity index (χ0v) is 11.2. The fourth-order valence-corrected chi connectivity index (χ4v) is 3.31. The number of carbonyl (C=O) groups is 1. The Kier molecular flexibility index (Phi) is 3.58. The highest BCUT2D eigenvalue weighted by Gasteiger charge is 2.50. The Bertz CT molecular complexity index is 467. The van der Waals surface area contributed by atoms with E-state index in [-0.39, 0.29) is 29.9 Å². The highest BCUT2D eigenvalue weighted by atomic mass is 35.5. The van der Waals surface area contributed by atoms with Gasteiger partial charge < -0.3 is 9.84 Å². The number of hydrogen-bond acceptors (Lipinski definition) is 4. The van der Waals surface area contributed by atoms with Crippen molar-refractivity contribution in [2.45, 2.75) is 23.6 Å². The summed E-state index contributed by atoms with van der Waals surface area (Å²) in [5.41, 5.74) is 0.686. The number of benzene rings is 1. The molecule has 2 aliphatic heterocycles. The molecule has 3 rings (SSSR count). The summed E-state index contributed by atoms with van der Waals surface area (Å²) in [5.74, 6) is 0.0456. The number of ether oxygens (including phenoxy) is 1. The van der Waals surface area contributed by atoms with Crippen molar-refractivity contribution >= 4 is 17.4 Å². The number of aliphatic hydroxyl groups is 1. The van der Waals surface area contributed by atoms with Crippen LogP contribution in [-0.2, 0) is 4.74 Å². The van der Waals surface area contributed by atoms with Crippen molar-refractivity contribution in [3.05, 3.63) is 35.9 Å². The van der Waals surface area contributed by atoms with Crippen LogP contribution in [0, 0.1) is 0 Å². The van der Waals surface area contributed by atoms with Gasteiger partial charge in [-0.25, -0.2) is 0 Å². The predicted octanol–water partition coefficient (Wildman–Crippen LogP) is 0.921. The fraction of sp³-hybridized carbons (Fsp3) is 0.500. The van der Waals surface area contributed by atoms with E-state index < -0.39 is 6.10 Å². The quantitative estimate of drug-likeness (QED) is 0.661. The molecule has 0 bridgehead atoms. The van der Waals surface area contributed by atoms with Gasteiger partial charge >= 0.3 is 0 Å². The van der Waals surface area contributed by atoms with Crippen molar-refractivity contribution in [3.8, 4) is 0 Å². The number of carbonyl (C=O) groups excluding carboxylic acids is 1. The number of likely N-dealkylation sites (tertiary alicyclic amines) is 1. The van der Waals surface area contributed by atoms with Gasteiger partial charge in [-0.2, -0.15) is 0 Å². The van der Waals surface area contributed by atoms with Crippen LogP contribution in [0.3, 0.4) is 0 Å². The van der Waals surface area contributed by atoms with Crippen LogP contribution in [0.4, 0.5) is 0 Å². The summed E-state index contributed by atoms with van der Waals surface area (Å²) < 4.78 is 5.48. The van der Waals surface area contributed by atoms with Crippen LogP contribution in [0.1, 0.15) is 10.4 Å². The first kappa shape index (κ1) is 13.1. The van der Waals surface area contributed by atoms with E-state index in [9.17, 15) is 9.90 Å². The van der Waals surface area contributed by atoms with Gasteiger partial charge in [0, 0.05) is 12.1 Å². The summed E-state index contributed by atoms with van der Waals surface area (Å²) in [6.45, 7) is 1.15. The molecule has 5 heteroatoms. The molecular formula is C14H16ClNO3. The molecule has 0 amide bonds. The summed E-state index contributed by atoms with van der Waals surface area (Å²) in [6, 6.07) is 9.02. The maximum absolute atomic E-state index is 12.2. The normalized spacial score (nSPS) is 34.4. The third-order valence-electron chi connectivity index (χ3n) is 3.82. The SMILES string of the molecule is O=C(CN1C[C@H](Cl)[C@H]2OC[C@H](O)[C@H]21)c1ccccc1. The Morgan fingerprint density at radius 2 is 2.16 bits per heavy atom. The molecule has 0 saturated carbocycles. The first-order chi connectivity index (χ1) is 9.16. The average Bonchev–Trinajstić information content (AvgIpc) is 2.94. The molecule has 19 heavy (non-hydrogen) atoms. The maximum Gasteiger partial charge on any atom is 0.176 e. The number of rotatable bonds is 3. The van der Waals surface area contributed by atoms with Gasteiger partial charge in [0.25, 0.3) is 0 Å². The van der Waals surface area contributed by atoms with E-state index in [2.05, 4.69) is 0 Å². The molecule has 0 unspecified atom stereocenters. The minimum Gasteiger partial charge on any atom is -0.389 e. The summed E-state index contributed by atoms with van der Waals surface area (Å²) in [7, 11) is 0. The van der Waals surface area contributed by atoms with Gasteiger partial charge in [0.15, 0.2) is 5.78 Å². The lowest BCUT2D eigenvalue weighted by Crippen LogP contribution is -2.43. The number of halogens is 1. The van der Waals surface area contributed by atoms with E-state index in [0.717, 1.165) is 0 Å². The van der Waals surface area contributed by atoms with E-state index in [1.807, 2.05) is 23.1 Å². The summed E-state index contributed by atoms with van der Waals surface area (Å²) in [4.78, 5) is 14.1. The zero-order chi connectivity index (χ0) is 13.4. The topological polar surface area (TPSA) is 49.8 Å². The molecule has 2 saturated heterocycles. The molecule has 0 aromatic heterocycles. The third kappa shape index (κ3) is 2.41. The molecule has 102 valence electrons. The molecule has 0 spiro atoms. The zero-order valence-electron chi connectivity index (χ0n) is 10.4. The fourth-order valence-electron chi connectivity index (χ4n) is 2.91. The standard InChI is InChI=1S/C14H16ClNO3/c15-10-6-16(13-12(18)8-19-14(10)13)7-11(17)9-4-2-1-3-5-9/h1-5,10,12-14,18H,6-8H2/t10-,12-,13+,14+/m0/s1. The van der Waals surface area contributed by atoms with Crippen molar-refractivity contribution in [2.75, 3.05) is 19.7 Å². The number of aliphatic hydroxyl groups excluding tert-OH is 1. The van der Waals surface area contributed by atoms with Gasteiger partial charge in [-0.3, -0.25) is 9.69 Å². The smallest absolute Gasteiger partial charge is 0.176 e. The second kappa shape index (κ2) is 5.21. The van der Waals surface area contributed by atoms with Crippen molar-refractivity contribution in [1.82, 2.24) is 4.90 Å². The van der Waals surface area contributed by atoms with Crippen molar-refractivity contribution in [3.63, 3.8) is 0 Å². The molecule has 1 aromatic carbocycles. The Morgan fingerprint density at radius 1 is 1.42 bits per heavy atom. The molecule has 0 aliphatic carbocycles. The average molecular weight is 282 g/mol. The van der Waals surface area contributed by atoms with E-state index in [0.29, 0.717) is 18.7 Å². The van der Waals surface area contributed by atoms with Crippen LogP contribution in [0.15, 0.2) is 30.3 Å². The number of Topliss-reactive ketones (excluding diaryl/α,β-unsaturated/α-hetero) is 1. The van der Waals surface area contributed by atoms with Gasteiger partial charge in [0.1, 0.15) is 0 Å². The Labute approximate surface area is 116 Å². The molecule has 4 nitrogen and oxygen atoms in total. The minimum absolute atomic E-state index is 0.0456. The Hall–Kier alpha value is -0.940. The summed E-state index contributed by atoms with van der Waals surface area (Å²) >= 11 is 6.21. The molecule has 2 aliphatic rings. The van der Waals surface area contributed by atoms with Crippen LogP contribution in [0.25, 0.3) is 0 Å². The monoisotopic (exact) mass is 281 g/mol. The number of fused-ring (bicyclic) bond motifs is 1. The summed E-state index contributed by atoms with van der Waals surface area (Å²) in [5, 5.41) is 9.77. The van der Waals surface area contributed by atoms with Gasteiger partial charge in [-0.05, 0) is 0 Å². The maximum atomic E-state index is 12.2. The number of hydrogen-bond donors (Lipinski definition) is 1. The molecule has 2 heterocycles. The predicted molar refractivity (Wildman–Crippen MR) is 71.5 cm³/mol. The van der Waals surface area contributed by atoms with Gasteiger partial charge in [0.2, 0.25) is 0 Å². The van der Waals surface area contributed by atoms with E-state index in [1.165, 1.54) is 0 Å². The molecule has 0 radical (unpaired) electrons. The Balaban J connectivity index is 1.72. The first-order valence-corrected chi connectivity index (χ1v) is 6.86. The van der Waals surface area contributed by atoms with Crippen LogP contribution >= 0.6 is 11.6 Å². The highest BCUT2D eigenvalue weighted by Crippen LogP contribution is 2.32. The van der Waals surface area contributed by atoms with Crippen LogP contribution in [0.2, 0.25) is 0 Å². The minimum atomic E-state index is -0.558. The van der Waals surface area contributed by atoms with Gasteiger partial charge in [-0.15, -0.1) is 11.6 Å². The lowest BCUT2D eigenvalue weighted by atomic mass is 10.1. The van der Waals surface area contributed by atoms with Crippen LogP contribution in [-0.4, -0.2) is 59.1 Å². The van der Waals surface area contributed by atoms with Crippen molar-refractivity contribution in [2.24, 2.45) is 0 Å². The van der Waals surface area contributed by atoms with E-state index in [1.54, 1.807) is 12.1 Å². The largest absolute Gasteiger partial charge is 0.389 e. The van der Waals surface area contributed by atoms with E-state index >= 15 is 0 Å². The van der Waals surface area contributed by atoms with Gasteiger partial charge in [0.05, 0.1) is 36.8 Å². The molecule has 2 fully saturated rings.